The molecule has 2 heterocycles. The van der Waals surface area contributed by atoms with Crippen LogP contribution in [-0.4, -0.2) is 19.4 Å². The maximum absolute atomic E-state index is 12.0. The van der Waals surface area contributed by atoms with Gasteiger partial charge in [-0.2, -0.15) is 5.26 Å². The van der Waals surface area contributed by atoms with Crippen molar-refractivity contribution in [1.29, 1.82) is 5.26 Å². The maximum Gasteiger partial charge on any atom is 0.324 e. The van der Waals surface area contributed by atoms with E-state index < -0.39 is 16.1 Å². The van der Waals surface area contributed by atoms with Crippen LogP contribution in [0.3, 0.4) is 0 Å². The maximum atomic E-state index is 12.0. The molecule has 3 N–H and O–H groups in total. The van der Waals surface area contributed by atoms with E-state index in [0.717, 1.165) is 4.90 Å². The number of sulfonamides is 1. The second-order valence-electron chi connectivity index (χ2n) is 4.94. The molecule has 8 nitrogen and oxygen atoms in total. The normalized spacial score (nSPS) is 14.3. The van der Waals surface area contributed by atoms with Gasteiger partial charge in [0.1, 0.15) is 11.8 Å². The molecule has 3 rings (SSSR count). The molecule has 1 aliphatic rings. The monoisotopic (exact) mass is 407 g/mol. The van der Waals surface area contributed by atoms with E-state index in [-0.39, 0.29) is 28.4 Å². The number of aromatic nitrogens is 1. The van der Waals surface area contributed by atoms with Crippen LogP contribution in [0.25, 0.3) is 0 Å². The number of hydrogen-bond donors (Lipinski definition) is 2. The number of nitriles is 1. The minimum absolute atomic E-state index is 0.0149. The number of primary amides is 1. The van der Waals surface area contributed by atoms with Crippen molar-refractivity contribution in [1.82, 2.24) is 4.98 Å². The molecule has 10 heteroatoms. The van der Waals surface area contributed by atoms with Crippen LogP contribution in [0, 0.1) is 11.3 Å². The van der Waals surface area contributed by atoms with E-state index in [1.807, 2.05) is 6.07 Å². The van der Waals surface area contributed by atoms with Gasteiger partial charge in [0.15, 0.2) is 0 Å². The molecule has 0 fully saturated rings. The van der Waals surface area contributed by atoms with Crippen molar-refractivity contribution >= 4 is 49.0 Å². The number of nitrogens with two attached hydrogens (primary N) is 1. The van der Waals surface area contributed by atoms with Gasteiger partial charge in [0, 0.05) is 10.0 Å². The van der Waals surface area contributed by atoms with Gasteiger partial charge >= 0.3 is 6.03 Å². The van der Waals surface area contributed by atoms with Crippen molar-refractivity contribution < 1.29 is 13.2 Å². The van der Waals surface area contributed by atoms with Gasteiger partial charge in [0.25, 0.3) is 0 Å². The predicted octanol–water partition coefficient (Wildman–Crippen LogP) is 2.19. The Kier molecular flexibility index (Phi) is 3.90. The fourth-order valence-electron chi connectivity index (χ4n) is 2.44. The van der Waals surface area contributed by atoms with E-state index >= 15 is 0 Å². The number of nitrogens with zero attached hydrogens (tertiary/aromatic N) is 3. The Morgan fingerprint density at radius 1 is 1.38 bits per heavy atom. The number of amides is 2. The molecule has 0 saturated carbocycles. The minimum Gasteiger partial charge on any atom is -0.351 e. The number of hydrogen-bond acceptors (Lipinski definition) is 5. The largest absolute Gasteiger partial charge is 0.351 e. The third-order valence-electron chi connectivity index (χ3n) is 3.41. The number of nitrogens with one attached hydrogen (secondary N) is 1. The standard InChI is InChI=1S/C14H10BrN5O3S/c15-9-3-1-2-4-11(9)20(14(17)21)12-6-18-10(5-16)8-7-24(22,23)19-13(8)12/h1-4,6,19H,7H2,(H2,17,21). The minimum atomic E-state index is -3.64. The zero-order chi connectivity index (χ0) is 17.5. The van der Waals surface area contributed by atoms with Gasteiger partial charge in [0.05, 0.1) is 29.0 Å². The Balaban J connectivity index is 2.26. The number of carbonyl (C=O) groups excluding carboxylic acids is 1. The van der Waals surface area contributed by atoms with Crippen LogP contribution in [0.15, 0.2) is 34.9 Å². The summed E-state index contributed by atoms with van der Waals surface area (Å²) in [4.78, 5) is 17.1. The molecule has 0 radical (unpaired) electrons. The van der Waals surface area contributed by atoms with Crippen molar-refractivity contribution in [3.05, 3.63) is 46.2 Å². The number of fused-ring (bicyclic) bond motifs is 1. The lowest BCUT2D eigenvalue weighted by Gasteiger charge is -2.23. The van der Waals surface area contributed by atoms with E-state index in [1.54, 1.807) is 24.3 Å². The van der Waals surface area contributed by atoms with Crippen LogP contribution in [0.4, 0.5) is 21.9 Å². The Bertz CT molecular complexity index is 1000. The van der Waals surface area contributed by atoms with Gasteiger partial charge in [-0.15, -0.1) is 0 Å². The SMILES string of the molecule is N#Cc1ncc(N(C(N)=O)c2ccccc2Br)c2c1CS(=O)(=O)N2. The lowest BCUT2D eigenvalue weighted by Crippen LogP contribution is -2.32. The zero-order valence-electron chi connectivity index (χ0n) is 12.0. The van der Waals surface area contributed by atoms with E-state index in [2.05, 4.69) is 25.6 Å². The number of anilines is 3. The van der Waals surface area contributed by atoms with Crippen molar-refractivity contribution in [3.63, 3.8) is 0 Å². The number of para-hydroxylation sites is 1. The van der Waals surface area contributed by atoms with E-state index in [1.165, 1.54) is 6.20 Å². The second-order valence-corrected chi connectivity index (χ2v) is 7.52. The molecule has 0 spiro atoms. The first-order chi connectivity index (χ1) is 11.3. The van der Waals surface area contributed by atoms with Gasteiger partial charge in [-0.25, -0.2) is 18.2 Å². The van der Waals surface area contributed by atoms with Crippen molar-refractivity contribution in [2.24, 2.45) is 5.73 Å². The highest BCUT2D eigenvalue weighted by Gasteiger charge is 2.33. The van der Waals surface area contributed by atoms with Crippen molar-refractivity contribution in [3.8, 4) is 6.07 Å². The Morgan fingerprint density at radius 3 is 2.71 bits per heavy atom. The molecule has 2 aromatic rings. The highest BCUT2D eigenvalue weighted by atomic mass is 79.9. The molecular weight excluding hydrogens is 398 g/mol. The zero-order valence-corrected chi connectivity index (χ0v) is 14.4. The second kappa shape index (κ2) is 5.77. The van der Waals surface area contributed by atoms with Crippen LogP contribution in [0.2, 0.25) is 0 Å². The third kappa shape index (κ3) is 2.68. The quantitative estimate of drug-likeness (QED) is 0.787. The fraction of sp³-hybridized carbons (Fsp3) is 0.0714. The summed E-state index contributed by atoms with van der Waals surface area (Å²) in [7, 11) is -3.64. The summed E-state index contributed by atoms with van der Waals surface area (Å²) in [5, 5.41) is 9.12. The highest BCUT2D eigenvalue weighted by molar-refractivity contribution is 9.10. The molecule has 0 atom stereocenters. The summed E-state index contributed by atoms with van der Waals surface area (Å²) in [6.07, 6.45) is 1.25. The van der Waals surface area contributed by atoms with E-state index in [4.69, 9.17) is 11.0 Å². The number of pyridine rings is 1. The molecule has 0 bridgehead atoms. The molecule has 1 aromatic carbocycles. The summed E-state index contributed by atoms with van der Waals surface area (Å²) in [5.74, 6) is -0.380. The smallest absolute Gasteiger partial charge is 0.324 e. The molecule has 1 aromatic heterocycles. The van der Waals surface area contributed by atoms with Crippen molar-refractivity contribution in [2.75, 3.05) is 9.62 Å². The molecule has 0 unspecified atom stereocenters. The number of halogens is 1. The van der Waals surface area contributed by atoms with Crippen LogP contribution < -0.4 is 15.4 Å². The third-order valence-corrected chi connectivity index (χ3v) is 5.27. The number of urea groups is 1. The molecule has 24 heavy (non-hydrogen) atoms. The van der Waals surface area contributed by atoms with Crippen molar-refractivity contribution in [2.45, 2.75) is 5.75 Å². The highest BCUT2D eigenvalue weighted by Crippen LogP contribution is 2.41. The van der Waals surface area contributed by atoms with Crippen LogP contribution in [0.1, 0.15) is 11.3 Å². The van der Waals surface area contributed by atoms with Crippen LogP contribution >= 0.6 is 15.9 Å². The van der Waals surface area contributed by atoms with Gasteiger partial charge in [-0.05, 0) is 28.1 Å². The molecule has 0 saturated heterocycles. The van der Waals surface area contributed by atoms with Gasteiger partial charge < -0.3 is 5.73 Å². The molecule has 1 aliphatic heterocycles. The summed E-state index contributed by atoms with van der Waals surface area (Å²) in [6.45, 7) is 0. The van der Waals surface area contributed by atoms with Gasteiger partial charge in [-0.1, -0.05) is 12.1 Å². The van der Waals surface area contributed by atoms with Crippen LogP contribution in [0.5, 0.6) is 0 Å². The number of rotatable bonds is 2. The van der Waals surface area contributed by atoms with Crippen LogP contribution in [-0.2, 0) is 15.8 Å². The first-order valence-corrected chi connectivity index (χ1v) is 9.05. The summed E-state index contributed by atoms with van der Waals surface area (Å²) in [5.41, 5.74) is 6.41. The fourth-order valence-corrected chi connectivity index (χ4v) is 4.18. The Morgan fingerprint density at radius 2 is 2.08 bits per heavy atom. The average molecular weight is 408 g/mol. The molecule has 2 amide bonds. The van der Waals surface area contributed by atoms with E-state index in [9.17, 15) is 13.2 Å². The average Bonchev–Trinajstić information content (AvgIpc) is 2.84. The first kappa shape index (κ1) is 16.2. The molecule has 0 aliphatic carbocycles. The lowest BCUT2D eigenvalue weighted by atomic mass is 10.1. The Labute approximate surface area is 146 Å². The van der Waals surface area contributed by atoms with Gasteiger partial charge in [0.2, 0.25) is 10.0 Å². The summed E-state index contributed by atoms with van der Waals surface area (Å²) in [6, 6.07) is 7.86. The summed E-state index contributed by atoms with van der Waals surface area (Å²) < 4.78 is 26.8. The topological polar surface area (TPSA) is 129 Å². The lowest BCUT2D eigenvalue weighted by molar-refractivity contribution is 0.256. The number of carbonyl (C=O) groups is 1. The molecule has 122 valence electrons. The Hall–Kier alpha value is -2.64. The predicted molar refractivity (Wildman–Crippen MR) is 91.1 cm³/mol. The molecular formula is C14H10BrN5O3S. The first-order valence-electron chi connectivity index (χ1n) is 6.60. The summed E-state index contributed by atoms with van der Waals surface area (Å²) >= 11 is 3.33. The van der Waals surface area contributed by atoms with Gasteiger partial charge in [-0.3, -0.25) is 9.62 Å². The number of benzene rings is 1. The van der Waals surface area contributed by atoms with E-state index in [0.29, 0.717) is 10.2 Å².